The summed E-state index contributed by atoms with van der Waals surface area (Å²) in [6.45, 7) is 4.19. The van der Waals surface area contributed by atoms with Crippen LogP contribution in [0.25, 0.3) is 0 Å². The molecule has 17 heavy (non-hydrogen) atoms. The largest absolute Gasteiger partial charge is 0.324 e. The van der Waals surface area contributed by atoms with Gasteiger partial charge in [0.05, 0.1) is 5.51 Å². The molecular formula is C13H15BrN2S. The van der Waals surface area contributed by atoms with Gasteiger partial charge in [-0.1, -0.05) is 28.1 Å². The van der Waals surface area contributed by atoms with Crippen LogP contribution in [-0.4, -0.2) is 4.98 Å². The molecule has 0 bridgehead atoms. The number of rotatable bonds is 3. The van der Waals surface area contributed by atoms with E-state index in [-0.39, 0.29) is 6.04 Å². The molecule has 2 nitrogen and oxygen atoms in total. The van der Waals surface area contributed by atoms with E-state index < -0.39 is 0 Å². The molecule has 0 amide bonds. The van der Waals surface area contributed by atoms with Crippen LogP contribution in [-0.2, 0) is 6.42 Å². The van der Waals surface area contributed by atoms with Gasteiger partial charge in [-0.2, -0.15) is 0 Å². The summed E-state index contributed by atoms with van der Waals surface area (Å²) in [5, 5.41) is 0. The van der Waals surface area contributed by atoms with E-state index in [1.54, 1.807) is 11.3 Å². The summed E-state index contributed by atoms with van der Waals surface area (Å²) >= 11 is 5.23. The quantitative estimate of drug-likeness (QED) is 0.937. The molecule has 0 aliphatic heterocycles. The van der Waals surface area contributed by atoms with E-state index in [0.29, 0.717) is 0 Å². The molecule has 2 rings (SSSR count). The average Bonchev–Trinajstić information content (AvgIpc) is 2.77. The molecule has 1 heterocycles. The highest BCUT2D eigenvalue weighted by atomic mass is 79.9. The lowest BCUT2D eigenvalue weighted by Gasteiger charge is -2.14. The van der Waals surface area contributed by atoms with Crippen LogP contribution >= 0.6 is 27.3 Å². The van der Waals surface area contributed by atoms with Gasteiger partial charge >= 0.3 is 0 Å². The molecule has 2 aromatic rings. The summed E-state index contributed by atoms with van der Waals surface area (Å²) in [5.74, 6) is 0. The molecule has 0 aliphatic carbocycles. The number of benzene rings is 1. The van der Waals surface area contributed by atoms with Crippen LogP contribution in [0.3, 0.4) is 0 Å². The van der Waals surface area contributed by atoms with Gasteiger partial charge in [0.25, 0.3) is 0 Å². The Kier molecular flexibility index (Phi) is 3.97. The third-order valence-corrected chi connectivity index (χ3v) is 4.84. The first-order valence-corrected chi connectivity index (χ1v) is 7.15. The van der Waals surface area contributed by atoms with Crippen molar-refractivity contribution in [1.82, 2.24) is 4.98 Å². The van der Waals surface area contributed by atoms with Crippen molar-refractivity contribution in [2.24, 2.45) is 5.73 Å². The molecule has 0 fully saturated rings. The minimum atomic E-state index is 0.0425. The van der Waals surface area contributed by atoms with Gasteiger partial charge in [0.1, 0.15) is 0 Å². The monoisotopic (exact) mass is 310 g/mol. The van der Waals surface area contributed by atoms with Gasteiger partial charge < -0.3 is 5.73 Å². The highest BCUT2D eigenvalue weighted by molar-refractivity contribution is 9.10. The second kappa shape index (κ2) is 5.29. The minimum absolute atomic E-state index is 0.0425. The average molecular weight is 311 g/mol. The third-order valence-electron chi connectivity index (χ3n) is 2.79. The normalized spacial score (nSPS) is 12.7. The summed E-state index contributed by atoms with van der Waals surface area (Å²) in [4.78, 5) is 5.31. The molecule has 90 valence electrons. The number of nitrogens with zero attached hydrogens (tertiary/aromatic N) is 1. The number of aryl methyl sites for hydroxylation is 2. The molecule has 0 spiro atoms. The predicted octanol–water partition coefficient (Wildman–Crippen LogP) is 3.76. The molecule has 0 aliphatic rings. The van der Waals surface area contributed by atoms with Gasteiger partial charge in [-0.25, -0.2) is 0 Å². The summed E-state index contributed by atoms with van der Waals surface area (Å²) in [7, 11) is 0. The molecule has 0 saturated heterocycles. The number of aromatic nitrogens is 1. The zero-order valence-electron chi connectivity index (χ0n) is 9.90. The van der Waals surface area contributed by atoms with Gasteiger partial charge in [0.15, 0.2) is 0 Å². The second-order valence-electron chi connectivity index (χ2n) is 4.25. The van der Waals surface area contributed by atoms with Crippen LogP contribution in [0.5, 0.6) is 0 Å². The van der Waals surface area contributed by atoms with E-state index in [4.69, 9.17) is 5.73 Å². The van der Waals surface area contributed by atoms with Crippen molar-refractivity contribution in [2.45, 2.75) is 26.3 Å². The Morgan fingerprint density at radius 3 is 2.53 bits per heavy atom. The van der Waals surface area contributed by atoms with Crippen molar-refractivity contribution in [3.8, 4) is 0 Å². The number of hydrogen-bond acceptors (Lipinski definition) is 3. The Morgan fingerprint density at radius 2 is 2.00 bits per heavy atom. The molecule has 1 aromatic heterocycles. The number of nitrogens with two attached hydrogens (primary N) is 1. The van der Waals surface area contributed by atoms with Crippen molar-refractivity contribution in [3.63, 3.8) is 0 Å². The zero-order valence-corrected chi connectivity index (χ0v) is 12.3. The standard InChI is InChI=1S/C13H15BrN2S/c1-8-3-10(4-9(2)13(8)14)12(15)5-11-6-16-7-17-11/h3-4,6-7,12H,5,15H2,1-2H3. The Bertz CT molecular complexity index is 485. The van der Waals surface area contributed by atoms with Crippen molar-refractivity contribution >= 4 is 27.3 Å². The summed E-state index contributed by atoms with van der Waals surface area (Å²) in [6.07, 6.45) is 2.74. The molecule has 2 N–H and O–H groups in total. The van der Waals surface area contributed by atoms with Crippen LogP contribution in [0.1, 0.15) is 27.6 Å². The number of thiazole rings is 1. The van der Waals surface area contributed by atoms with Crippen molar-refractivity contribution in [2.75, 3.05) is 0 Å². The highest BCUT2D eigenvalue weighted by Gasteiger charge is 2.11. The van der Waals surface area contributed by atoms with Crippen LogP contribution in [0.4, 0.5) is 0 Å². The maximum absolute atomic E-state index is 6.24. The molecule has 1 aromatic carbocycles. The zero-order chi connectivity index (χ0) is 12.4. The van der Waals surface area contributed by atoms with Crippen molar-refractivity contribution in [1.29, 1.82) is 0 Å². The summed E-state index contributed by atoms with van der Waals surface area (Å²) < 4.78 is 1.17. The van der Waals surface area contributed by atoms with Gasteiger partial charge in [-0.05, 0) is 30.5 Å². The topological polar surface area (TPSA) is 38.9 Å². The highest BCUT2D eigenvalue weighted by Crippen LogP contribution is 2.26. The molecule has 1 unspecified atom stereocenters. The number of halogens is 1. The lowest BCUT2D eigenvalue weighted by Crippen LogP contribution is -2.13. The Balaban J connectivity index is 2.22. The van der Waals surface area contributed by atoms with Crippen LogP contribution in [0, 0.1) is 13.8 Å². The fraction of sp³-hybridized carbons (Fsp3) is 0.308. The first kappa shape index (κ1) is 12.7. The first-order chi connectivity index (χ1) is 8.08. The van der Waals surface area contributed by atoms with Gasteiger partial charge in [-0.15, -0.1) is 11.3 Å². The smallest absolute Gasteiger partial charge is 0.0794 e. The fourth-order valence-electron chi connectivity index (χ4n) is 1.87. The molecule has 0 radical (unpaired) electrons. The number of hydrogen-bond donors (Lipinski definition) is 1. The maximum Gasteiger partial charge on any atom is 0.0794 e. The predicted molar refractivity (Wildman–Crippen MR) is 76.4 cm³/mol. The lowest BCUT2D eigenvalue weighted by molar-refractivity contribution is 0.727. The lowest BCUT2D eigenvalue weighted by atomic mass is 9.99. The third kappa shape index (κ3) is 2.94. The molecule has 1 atom stereocenters. The van der Waals surface area contributed by atoms with Crippen LogP contribution < -0.4 is 5.73 Å². The van der Waals surface area contributed by atoms with Crippen molar-refractivity contribution in [3.05, 3.63) is 49.9 Å². The van der Waals surface area contributed by atoms with Gasteiger partial charge in [-0.3, -0.25) is 4.98 Å². The summed E-state index contributed by atoms with van der Waals surface area (Å²) in [6, 6.07) is 4.35. The summed E-state index contributed by atoms with van der Waals surface area (Å²) in [5.41, 5.74) is 11.7. The molecule has 0 saturated carbocycles. The Hall–Kier alpha value is -0.710. The SMILES string of the molecule is Cc1cc(C(N)Cc2cncs2)cc(C)c1Br. The van der Waals surface area contributed by atoms with E-state index >= 15 is 0 Å². The van der Waals surface area contributed by atoms with Gasteiger partial charge in [0.2, 0.25) is 0 Å². The molecule has 4 heteroatoms. The van der Waals surface area contributed by atoms with E-state index in [9.17, 15) is 0 Å². The van der Waals surface area contributed by atoms with Crippen LogP contribution in [0.2, 0.25) is 0 Å². The Morgan fingerprint density at radius 1 is 1.35 bits per heavy atom. The van der Waals surface area contributed by atoms with Crippen LogP contribution in [0.15, 0.2) is 28.3 Å². The van der Waals surface area contributed by atoms with Crippen molar-refractivity contribution < 1.29 is 0 Å². The van der Waals surface area contributed by atoms with Gasteiger partial charge in [0, 0.05) is 28.0 Å². The van der Waals surface area contributed by atoms with E-state index in [2.05, 4.69) is 46.9 Å². The maximum atomic E-state index is 6.24. The Labute approximate surface area is 114 Å². The van der Waals surface area contributed by atoms with E-state index in [1.165, 1.54) is 26.0 Å². The van der Waals surface area contributed by atoms with E-state index in [0.717, 1.165) is 6.42 Å². The molecular weight excluding hydrogens is 296 g/mol. The second-order valence-corrected chi connectivity index (χ2v) is 6.01. The fourth-order valence-corrected chi connectivity index (χ4v) is 2.75. The van der Waals surface area contributed by atoms with E-state index in [1.807, 2.05) is 11.7 Å². The minimum Gasteiger partial charge on any atom is -0.324 e. The first-order valence-electron chi connectivity index (χ1n) is 5.47.